The number of carbonyl (C=O) groups excluding carboxylic acids is 1. The number of aromatic nitrogens is 4. The summed E-state index contributed by atoms with van der Waals surface area (Å²) < 4.78 is 135. The van der Waals surface area contributed by atoms with Gasteiger partial charge >= 0.3 is 18.3 Å². The maximum atomic E-state index is 16.8. The number of carboxylic acid groups (broad SMARTS) is 1. The molecule has 2 aromatic heterocycles. The van der Waals surface area contributed by atoms with Gasteiger partial charge in [0.05, 0.1) is 36.0 Å². The van der Waals surface area contributed by atoms with E-state index in [-0.39, 0.29) is 105 Å². The summed E-state index contributed by atoms with van der Waals surface area (Å²) in [5.74, 6) is -4.50. The molecule has 2 unspecified atom stereocenters. The summed E-state index contributed by atoms with van der Waals surface area (Å²) in [5.41, 5.74) is 5.16. The first-order valence-corrected chi connectivity index (χ1v) is 28.6. The lowest BCUT2D eigenvalue weighted by Gasteiger charge is -2.43. The molecule has 0 bridgehead atoms. The predicted molar refractivity (Wildman–Crippen MR) is 288 cm³/mol. The van der Waals surface area contributed by atoms with Crippen molar-refractivity contribution in [3.63, 3.8) is 0 Å². The first kappa shape index (κ1) is 60.1. The number of aliphatic carboxylic acids is 1. The summed E-state index contributed by atoms with van der Waals surface area (Å²) in [5, 5.41) is 28.1. The second-order valence-electron chi connectivity index (χ2n) is 22.9. The third-order valence-corrected chi connectivity index (χ3v) is 17.3. The van der Waals surface area contributed by atoms with E-state index in [1.807, 2.05) is 9.80 Å². The van der Waals surface area contributed by atoms with Gasteiger partial charge in [0.1, 0.15) is 18.7 Å². The normalized spacial score (nSPS) is 23.3. The Hall–Kier alpha value is -6.06. The summed E-state index contributed by atoms with van der Waals surface area (Å²) >= 11 is 0. The van der Waals surface area contributed by atoms with Crippen molar-refractivity contribution in [2.24, 2.45) is 29.4 Å². The zero-order chi connectivity index (χ0) is 58.6. The SMILES string of the molecule is NC(=O)C(C1CCOCC1)N1CC[C@@H](CNc2ncnc(N(Cc3ccc(C(F)(F)F)cc3CO[C@@H]3CN(C(C(=O)O)C4CCOCC4)CC[C@H]3CNc3ncnc(N(Cc4ccc(C(F)(F)F)cc4)C4CC4)c3F)C3CC3)c2F)[C@H](O)C1. The molecule has 1 amide bonds. The minimum Gasteiger partial charge on any atom is -0.480 e. The van der Waals surface area contributed by atoms with Crippen LogP contribution in [0.4, 0.5) is 58.4 Å². The Balaban J connectivity index is 0.861. The third kappa shape index (κ3) is 14.7. The molecule has 0 spiro atoms. The maximum absolute atomic E-state index is 16.8. The third-order valence-electron chi connectivity index (χ3n) is 17.3. The first-order valence-electron chi connectivity index (χ1n) is 28.6. The number of aliphatic hydroxyl groups excluding tert-OH is 1. The smallest absolute Gasteiger partial charge is 0.416 e. The highest BCUT2D eigenvalue weighted by atomic mass is 19.4. The van der Waals surface area contributed by atoms with Crippen LogP contribution in [-0.2, 0) is 55.8 Å². The Kier molecular flexibility index (Phi) is 18.9. The Morgan fingerprint density at radius 1 is 0.663 bits per heavy atom. The van der Waals surface area contributed by atoms with Crippen molar-refractivity contribution in [1.29, 1.82) is 0 Å². The standard InChI is InChI=1S/C57H71F8N11O7/c58-46-52(70-31-71-53(46)75(42-7-8-42)26-33-1-4-40(5-2-33)56(60,61)62)68-25-37-12-18-74(49(55(79)80)35-15-21-82-22-16-35)29-45(37)83-30-39-23-41(57(63,64)65)6-3-38(39)27-76(43-9-10-43)54-47(59)51(69-32-72-54)67-24-36-11-17-73(28-44(36)77)48(50(66)78)34-13-19-81-20-14-34/h1-6,23,31-32,34-37,42-45,48-49,77H,7-22,24-30H2,(H2,66,78)(H,79,80)(H,67,69,72)(H,68,70,71)/t36-,37-,44+,45+,48?,49?/m0/s1. The molecule has 83 heavy (non-hydrogen) atoms. The number of alkyl halides is 6. The average Bonchev–Trinajstić information content (AvgIpc) is 4.58. The molecule has 2 saturated carbocycles. The van der Waals surface area contributed by atoms with E-state index in [9.17, 15) is 46.1 Å². The van der Waals surface area contributed by atoms with Crippen molar-refractivity contribution in [2.75, 3.05) is 86.1 Å². The van der Waals surface area contributed by atoms with Gasteiger partial charge in [-0.2, -0.15) is 35.1 Å². The molecule has 26 heteroatoms. The van der Waals surface area contributed by atoms with E-state index < -0.39 is 77.2 Å². The topological polar surface area (TPSA) is 217 Å². The van der Waals surface area contributed by atoms with E-state index in [2.05, 4.69) is 30.6 Å². The van der Waals surface area contributed by atoms with Crippen molar-refractivity contribution < 1.29 is 69.1 Å². The van der Waals surface area contributed by atoms with Crippen LogP contribution in [0.3, 0.4) is 0 Å². The number of likely N-dealkylation sites (tertiary alicyclic amines) is 2. The number of ether oxygens (including phenoxy) is 3. The van der Waals surface area contributed by atoms with Crippen LogP contribution in [0.1, 0.15) is 92.0 Å². The van der Waals surface area contributed by atoms with Crippen molar-refractivity contribution in [2.45, 2.75) is 133 Å². The van der Waals surface area contributed by atoms with Gasteiger partial charge in [-0.1, -0.05) is 18.2 Å². The molecule has 452 valence electrons. The van der Waals surface area contributed by atoms with Crippen LogP contribution in [0.25, 0.3) is 0 Å². The van der Waals surface area contributed by atoms with E-state index in [1.54, 1.807) is 9.80 Å². The van der Waals surface area contributed by atoms with Gasteiger partial charge in [0, 0.05) is 89.6 Å². The fourth-order valence-electron chi connectivity index (χ4n) is 12.4. The van der Waals surface area contributed by atoms with Gasteiger partial charge in [0.2, 0.25) is 17.5 Å². The Morgan fingerprint density at radius 3 is 1.69 bits per heavy atom. The number of anilines is 4. The van der Waals surface area contributed by atoms with Gasteiger partial charge in [-0.05, 0) is 130 Å². The van der Waals surface area contributed by atoms with E-state index in [0.29, 0.717) is 115 Å². The second kappa shape index (κ2) is 26.1. The number of nitrogens with zero attached hydrogens (tertiary/aromatic N) is 8. The minimum atomic E-state index is -4.75. The highest BCUT2D eigenvalue weighted by Crippen LogP contribution is 2.40. The van der Waals surface area contributed by atoms with Crippen molar-refractivity contribution in [1.82, 2.24) is 29.7 Å². The quantitative estimate of drug-likeness (QED) is 0.0455. The lowest BCUT2D eigenvalue weighted by atomic mass is 9.86. The lowest BCUT2D eigenvalue weighted by molar-refractivity contribution is -0.151. The minimum absolute atomic E-state index is 0.00802. The van der Waals surface area contributed by atoms with Gasteiger partial charge in [-0.15, -0.1) is 0 Å². The number of primary amides is 1. The molecule has 4 aliphatic heterocycles. The van der Waals surface area contributed by atoms with Gasteiger partial charge in [-0.3, -0.25) is 19.4 Å². The first-order chi connectivity index (χ1) is 39.8. The maximum Gasteiger partial charge on any atom is 0.416 e. The number of hydrogen-bond acceptors (Lipinski definition) is 16. The molecule has 6 heterocycles. The molecule has 4 saturated heterocycles. The van der Waals surface area contributed by atoms with Crippen LogP contribution in [0.15, 0.2) is 55.1 Å². The van der Waals surface area contributed by atoms with E-state index in [1.165, 1.54) is 30.9 Å². The van der Waals surface area contributed by atoms with Gasteiger partial charge in [0.25, 0.3) is 0 Å². The number of carboxylic acids is 1. The molecule has 2 aromatic carbocycles. The van der Waals surface area contributed by atoms with Crippen LogP contribution in [0.2, 0.25) is 0 Å². The highest BCUT2D eigenvalue weighted by molar-refractivity contribution is 5.80. The zero-order valence-electron chi connectivity index (χ0n) is 45.8. The highest BCUT2D eigenvalue weighted by Gasteiger charge is 2.43. The number of aliphatic hydroxyl groups is 1. The van der Waals surface area contributed by atoms with Crippen molar-refractivity contribution in [3.05, 3.63) is 94.6 Å². The summed E-state index contributed by atoms with van der Waals surface area (Å²) in [6.45, 7) is 2.71. The molecule has 18 nitrogen and oxygen atoms in total. The monoisotopic (exact) mass is 1170 g/mol. The molecule has 4 aromatic rings. The number of amides is 1. The average molecular weight is 1170 g/mol. The number of piperidine rings is 2. The van der Waals surface area contributed by atoms with Crippen LogP contribution >= 0.6 is 0 Å². The van der Waals surface area contributed by atoms with Gasteiger partial charge in [-0.25, -0.2) is 19.9 Å². The second-order valence-corrected chi connectivity index (χ2v) is 22.9. The molecule has 6 atom stereocenters. The number of nitrogens with two attached hydrogens (primary N) is 1. The predicted octanol–water partition coefficient (Wildman–Crippen LogP) is 7.49. The van der Waals surface area contributed by atoms with Crippen molar-refractivity contribution >= 4 is 35.1 Å². The number of rotatable bonds is 23. The summed E-state index contributed by atoms with van der Waals surface area (Å²) in [6, 6.07) is 6.13. The summed E-state index contributed by atoms with van der Waals surface area (Å²) in [7, 11) is 0. The van der Waals surface area contributed by atoms with Crippen LogP contribution in [0.5, 0.6) is 0 Å². The molecule has 6 fully saturated rings. The van der Waals surface area contributed by atoms with Crippen molar-refractivity contribution in [3.8, 4) is 0 Å². The van der Waals surface area contributed by atoms with Gasteiger partial charge < -0.3 is 50.6 Å². The van der Waals surface area contributed by atoms with Crippen LogP contribution in [-0.4, -0.2) is 154 Å². The number of β-amino-alcohol motifs (C(OH)–C–C–N with tert-alkyl or cyclic N) is 1. The van der Waals surface area contributed by atoms with Gasteiger partial charge in [0.15, 0.2) is 23.3 Å². The zero-order valence-corrected chi connectivity index (χ0v) is 45.8. The lowest BCUT2D eigenvalue weighted by Crippen LogP contribution is -2.57. The molecule has 10 rings (SSSR count). The van der Waals surface area contributed by atoms with E-state index in [4.69, 9.17) is 19.9 Å². The molecule has 0 radical (unpaired) electrons. The summed E-state index contributed by atoms with van der Waals surface area (Å²) in [4.78, 5) is 49.7. The molecule has 6 aliphatic rings. The fourth-order valence-corrected chi connectivity index (χ4v) is 12.4. The largest absolute Gasteiger partial charge is 0.480 e. The number of nitrogens with one attached hydrogen (secondary N) is 2. The number of halogens is 8. The van der Waals surface area contributed by atoms with E-state index >= 15 is 8.78 Å². The molecular formula is C57H71F8N11O7. The molecule has 6 N–H and O–H groups in total. The van der Waals surface area contributed by atoms with E-state index in [0.717, 1.165) is 24.3 Å². The molecular weight excluding hydrogens is 1100 g/mol. The number of hydrogen-bond donors (Lipinski definition) is 5. The molecule has 2 aliphatic carbocycles. The number of carbonyl (C=O) groups is 2. The Labute approximate surface area is 475 Å². The van der Waals surface area contributed by atoms with Crippen LogP contribution in [0, 0.1) is 35.3 Å². The number of benzene rings is 2. The Bertz CT molecular complexity index is 2860. The summed E-state index contributed by atoms with van der Waals surface area (Å²) in [6.07, 6.45) is -2.64. The van der Waals surface area contributed by atoms with Crippen LogP contribution < -0.4 is 26.2 Å². The fraction of sp³-hybridized carbons (Fsp3) is 0.614. The Morgan fingerprint density at radius 2 is 1.17 bits per heavy atom.